The summed E-state index contributed by atoms with van der Waals surface area (Å²) in [6.45, 7) is 3.62. The van der Waals surface area contributed by atoms with Crippen LogP contribution in [0.3, 0.4) is 0 Å². The van der Waals surface area contributed by atoms with Crippen LogP contribution < -0.4 is 24.8 Å². The lowest BCUT2D eigenvalue weighted by Crippen LogP contribution is -2.31. The quantitative estimate of drug-likeness (QED) is 0.310. The van der Waals surface area contributed by atoms with Gasteiger partial charge in [0.2, 0.25) is 5.75 Å². The van der Waals surface area contributed by atoms with Crippen molar-refractivity contribution in [2.75, 3.05) is 39.7 Å². The average Bonchev–Trinajstić information content (AvgIpc) is 3.51. The Balaban J connectivity index is 0.00000300. The van der Waals surface area contributed by atoms with Crippen molar-refractivity contribution in [3.8, 4) is 17.2 Å². The molecule has 2 N–H and O–H groups in total. The van der Waals surface area contributed by atoms with Crippen molar-refractivity contribution >= 4 is 35.6 Å². The fourth-order valence-corrected chi connectivity index (χ4v) is 3.36. The van der Waals surface area contributed by atoms with Crippen LogP contribution in [0.2, 0.25) is 0 Å². The van der Waals surface area contributed by atoms with Crippen LogP contribution in [0.15, 0.2) is 47.5 Å². The molecule has 2 atom stereocenters. The summed E-state index contributed by atoms with van der Waals surface area (Å²) in [5, 5.41) is 6.64. The van der Waals surface area contributed by atoms with Crippen molar-refractivity contribution in [3.05, 3.63) is 48.0 Å². The molecule has 0 aliphatic heterocycles. The zero-order valence-corrected chi connectivity index (χ0v) is 19.7. The highest BCUT2D eigenvalue weighted by molar-refractivity contribution is 14.0. The smallest absolute Gasteiger partial charge is 0.203 e. The molecule has 0 heterocycles. The summed E-state index contributed by atoms with van der Waals surface area (Å²) in [7, 11) is 4.81. The molecule has 0 spiro atoms. The van der Waals surface area contributed by atoms with Crippen molar-refractivity contribution in [1.82, 2.24) is 5.32 Å². The second-order valence-corrected chi connectivity index (χ2v) is 6.77. The summed E-state index contributed by atoms with van der Waals surface area (Å²) in [5.74, 6) is 3.74. The van der Waals surface area contributed by atoms with Crippen molar-refractivity contribution in [2.45, 2.75) is 19.3 Å². The second kappa shape index (κ2) is 11.1. The molecule has 6 nitrogen and oxygen atoms in total. The van der Waals surface area contributed by atoms with Crippen molar-refractivity contribution in [2.24, 2.45) is 10.9 Å². The first kappa shape index (κ1) is 23.1. The van der Waals surface area contributed by atoms with Crippen LogP contribution in [0.4, 0.5) is 5.69 Å². The summed E-state index contributed by atoms with van der Waals surface area (Å²) in [6, 6.07) is 14.4. The van der Waals surface area contributed by atoms with Crippen molar-refractivity contribution < 1.29 is 14.2 Å². The first-order valence-corrected chi connectivity index (χ1v) is 9.60. The molecule has 3 rings (SSSR count). The van der Waals surface area contributed by atoms with Crippen molar-refractivity contribution in [3.63, 3.8) is 0 Å². The Labute approximate surface area is 190 Å². The Morgan fingerprint density at radius 2 is 1.69 bits per heavy atom. The molecule has 2 aromatic rings. The summed E-state index contributed by atoms with van der Waals surface area (Å²) in [6.07, 6.45) is 1.19. The first-order chi connectivity index (χ1) is 13.7. The number of hydrogen-bond donors (Lipinski definition) is 2. The number of rotatable bonds is 8. The lowest BCUT2D eigenvalue weighted by atomic mass is 10.1. The predicted octanol–water partition coefficient (Wildman–Crippen LogP) is 4.51. The molecule has 0 amide bonds. The van der Waals surface area contributed by atoms with Gasteiger partial charge in [0.15, 0.2) is 17.5 Å². The highest BCUT2D eigenvalue weighted by Gasteiger charge is 2.37. The maximum absolute atomic E-state index is 5.43. The van der Waals surface area contributed by atoms with E-state index in [4.69, 9.17) is 19.2 Å². The number of hydrogen-bond acceptors (Lipinski definition) is 4. The fourth-order valence-electron chi connectivity index (χ4n) is 3.36. The van der Waals surface area contributed by atoms with Crippen LogP contribution in [0, 0.1) is 5.92 Å². The molecule has 0 aromatic heterocycles. The van der Waals surface area contributed by atoms with Crippen LogP contribution in [0.5, 0.6) is 17.2 Å². The standard InChI is InChI=1S/C22H29N3O3.HI/c1-5-23-22(24-14-16-11-18(16)15-9-7-6-8-10-15)25-17-12-19(26-2)21(28-4)20(13-17)27-3;/h6-10,12-13,16,18H,5,11,14H2,1-4H3,(H2,23,24,25);1H. The van der Waals surface area contributed by atoms with Gasteiger partial charge in [-0.25, -0.2) is 0 Å². The lowest BCUT2D eigenvalue weighted by Gasteiger charge is -2.16. The number of nitrogens with one attached hydrogen (secondary N) is 2. The monoisotopic (exact) mass is 511 g/mol. The molecule has 1 fully saturated rings. The van der Waals surface area contributed by atoms with Gasteiger partial charge >= 0.3 is 0 Å². The molecule has 29 heavy (non-hydrogen) atoms. The van der Waals surface area contributed by atoms with E-state index in [1.165, 1.54) is 12.0 Å². The van der Waals surface area contributed by atoms with Gasteiger partial charge < -0.3 is 24.8 Å². The molecular formula is C22H30IN3O3. The average molecular weight is 511 g/mol. The maximum Gasteiger partial charge on any atom is 0.203 e. The number of anilines is 1. The molecule has 1 aliphatic rings. The minimum atomic E-state index is 0. The van der Waals surface area contributed by atoms with Crippen molar-refractivity contribution in [1.29, 1.82) is 0 Å². The lowest BCUT2D eigenvalue weighted by molar-refractivity contribution is 0.324. The van der Waals surface area contributed by atoms with Gasteiger partial charge in [-0.15, -0.1) is 24.0 Å². The summed E-state index contributed by atoms with van der Waals surface area (Å²) >= 11 is 0. The molecule has 2 aromatic carbocycles. The fraction of sp³-hybridized carbons (Fsp3) is 0.409. The van der Waals surface area contributed by atoms with Gasteiger partial charge in [0.05, 0.1) is 21.3 Å². The second-order valence-electron chi connectivity index (χ2n) is 6.77. The Kier molecular flexibility index (Phi) is 8.88. The topological polar surface area (TPSA) is 64.1 Å². The molecule has 1 aliphatic carbocycles. The number of nitrogens with zero attached hydrogens (tertiary/aromatic N) is 1. The van der Waals surface area contributed by atoms with E-state index in [9.17, 15) is 0 Å². The van der Waals surface area contributed by atoms with Gasteiger partial charge in [-0.1, -0.05) is 30.3 Å². The highest BCUT2D eigenvalue weighted by atomic mass is 127. The Morgan fingerprint density at radius 1 is 1.03 bits per heavy atom. The van der Waals surface area contributed by atoms with E-state index >= 15 is 0 Å². The van der Waals surface area contributed by atoms with Crippen LogP contribution in [-0.2, 0) is 0 Å². The minimum Gasteiger partial charge on any atom is -0.493 e. The maximum atomic E-state index is 5.43. The largest absolute Gasteiger partial charge is 0.493 e. The number of aliphatic imine (C=N–C) groups is 1. The van der Waals surface area contributed by atoms with E-state index in [-0.39, 0.29) is 24.0 Å². The molecule has 0 bridgehead atoms. The van der Waals surface area contributed by atoms with E-state index in [0.717, 1.165) is 24.7 Å². The molecule has 1 saturated carbocycles. The minimum absolute atomic E-state index is 0. The van der Waals surface area contributed by atoms with Crippen LogP contribution in [-0.4, -0.2) is 40.4 Å². The van der Waals surface area contributed by atoms with Gasteiger partial charge in [-0.05, 0) is 30.7 Å². The van der Waals surface area contributed by atoms with Gasteiger partial charge in [-0.3, -0.25) is 4.99 Å². The number of benzene rings is 2. The van der Waals surface area contributed by atoms with E-state index in [1.54, 1.807) is 21.3 Å². The zero-order chi connectivity index (χ0) is 19.9. The van der Waals surface area contributed by atoms with Crippen LogP contribution in [0.1, 0.15) is 24.8 Å². The Hall–Kier alpha value is -2.16. The van der Waals surface area contributed by atoms with Crippen LogP contribution >= 0.6 is 24.0 Å². The molecule has 158 valence electrons. The van der Waals surface area contributed by atoms with E-state index < -0.39 is 0 Å². The summed E-state index contributed by atoms with van der Waals surface area (Å²) in [4.78, 5) is 4.78. The molecule has 0 saturated heterocycles. The third kappa shape index (κ3) is 5.91. The summed E-state index contributed by atoms with van der Waals surface area (Å²) in [5.41, 5.74) is 2.23. The van der Waals surface area contributed by atoms with Gasteiger partial charge in [-0.2, -0.15) is 0 Å². The van der Waals surface area contributed by atoms with Crippen LogP contribution in [0.25, 0.3) is 0 Å². The SMILES string of the molecule is CCNC(=NCC1CC1c1ccccc1)Nc1cc(OC)c(OC)c(OC)c1.I. The molecular weight excluding hydrogens is 481 g/mol. The van der Waals surface area contributed by atoms with Gasteiger partial charge in [0.1, 0.15) is 0 Å². The van der Waals surface area contributed by atoms with Gasteiger partial charge in [0, 0.05) is 30.9 Å². The molecule has 7 heteroatoms. The Morgan fingerprint density at radius 3 is 2.24 bits per heavy atom. The number of guanidine groups is 1. The predicted molar refractivity (Wildman–Crippen MR) is 128 cm³/mol. The van der Waals surface area contributed by atoms with E-state index in [2.05, 4.69) is 47.9 Å². The highest BCUT2D eigenvalue weighted by Crippen LogP contribution is 2.47. The zero-order valence-electron chi connectivity index (χ0n) is 17.4. The Bertz CT molecular complexity index is 789. The van der Waals surface area contributed by atoms with E-state index in [1.807, 2.05) is 12.1 Å². The number of halogens is 1. The normalized spacial score (nSPS) is 17.7. The van der Waals surface area contributed by atoms with Gasteiger partial charge in [0.25, 0.3) is 0 Å². The third-order valence-electron chi connectivity index (χ3n) is 4.91. The number of methoxy groups -OCH3 is 3. The molecule has 2 unspecified atom stereocenters. The summed E-state index contributed by atoms with van der Waals surface area (Å²) < 4.78 is 16.2. The molecule has 0 radical (unpaired) electrons. The number of ether oxygens (including phenoxy) is 3. The first-order valence-electron chi connectivity index (χ1n) is 9.60. The van der Waals surface area contributed by atoms with E-state index in [0.29, 0.717) is 29.1 Å². The third-order valence-corrected chi connectivity index (χ3v) is 4.91.